The molecule has 0 aliphatic rings. The Balaban J connectivity index is 2.41. The van der Waals surface area contributed by atoms with Gasteiger partial charge in [0.2, 0.25) is 5.71 Å². The molecule has 0 fully saturated rings. The molecule has 2 heterocycles. The van der Waals surface area contributed by atoms with Gasteiger partial charge >= 0.3 is 5.69 Å². The van der Waals surface area contributed by atoms with Crippen LogP contribution in [0, 0.1) is 0 Å². The summed E-state index contributed by atoms with van der Waals surface area (Å²) in [6, 6.07) is 8.08. The Morgan fingerprint density at radius 1 is 1.26 bits per heavy atom. The zero-order chi connectivity index (χ0) is 13.6. The van der Waals surface area contributed by atoms with E-state index in [1.54, 1.807) is 24.3 Å². The van der Waals surface area contributed by atoms with Crippen molar-refractivity contribution in [1.29, 1.82) is 0 Å². The summed E-state index contributed by atoms with van der Waals surface area (Å²) >= 11 is 5.91. The highest BCUT2D eigenvalue weighted by Crippen LogP contribution is 2.21. The van der Waals surface area contributed by atoms with Crippen molar-refractivity contribution in [2.24, 2.45) is 7.05 Å². The number of fused-ring (bicyclic) bond motifs is 1. The molecule has 0 N–H and O–H groups in total. The van der Waals surface area contributed by atoms with Crippen LogP contribution in [0.1, 0.15) is 0 Å². The maximum absolute atomic E-state index is 12.1. The Bertz CT molecular complexity index is 891. The van der Waals surface area contributed by atoms with Gasteiger partial charge in [-0.05, 0) is 12.1 Å². The van der Waals surface area contributed by atoms with Crippen LogP contribution in [0.2, 0.25) is 5.02 Å². The zero-order valence-electron chi connectivity index (χ0n) is 9.83. The maximum atomic E-state index is 12.1. The first kappa shape index (κ1) is 11.7. The number of hydrogen-bond acceptors (Lipinski definition) is 4. The molecule has 0 saturated carbocycles. The second-order valence-corrected chi connectivity index (χ2v) is 4.45. The van der Waals surface area contributed by atoms with E-state index in [0.717, 1.165) is 4.57 Å². The molecule has 0 unspecified atom stereocenters. The fourth-order valence-electron chi connectivity index (χ4n) is 1.81. The van der Waals surface area contributed by atoms with E-state index < -0.39 is 11.2 Å². The van der Waals surface area contributed by atoms with Crippen LogP contribution in [0.3, 0.4) is 0 Å². The molecule has 7 heteroatoms. The molecule has 0 radical (unpaired) electrons. The molecule has 1 aromatic carbocycles. The van der Waals surface area contributed by atoms with Crippen LogP contribution in [0.5, 0.6) is 0 Å². The smallest absolute Gasteiger partial charge is 0.335 e. The fourth-order valence-corrected chi connectivity index (χ4v) is 2.00. The van der Waals surface area contributed by atoms with Gasteiger partial charge in [-0.3, -0.25) is 9.36 Å². The van der Waals surface area contributed by atoms with Gasteiger partial charge in [0, 0.05) is 17.6 Å². The first-order valence-electron chi connectivity index (χ1n) is 5.42. The van der Waals surface area contributed by atoms with Crippen molar-refractivity contribution < 1.29 is 4.52 Å². The summed E-state index contributed by atoms with van der Waals surface area (Å²) < 4.78 is 7.23. The second-order valence-electron chi connectivity index (χ2n) is 4.01. The van der Waals surface area contributed by atoms with Crippen LogP contribution in [-0.2, 0) is 7.05 Å². The standard InChI is InChI=1S/C12H8ClN3O3/c1-15-9(17)6-10-16(12(15)18)11(14-19-10)7-3-2-4-8(13)5-7/h2-6H,1H3. The van der Waals surface area contributed by atoms with Gasteiger partial charge in [-0.2, -0.15) is 0 Å². The summed E-state index contributed by atoms with van der Waals surface area (Å²) in [4.78, 5) is 23.6. The summed E-state index contributed by atoms with van der Waals surface area (Å²) in [5.74, 6) is 0.304. The Kier molecular flexibility index (Phi) is 2.53. The van der Waals surface area contributed by atoms with Crippen LogP contribution in [0.25, 0.3) is 17.1 Å². The number of halogens is 1. The quantitative estimate of drug-likeness (QED) is 0.672. The average Bonchev–Trinajstić information content (AvgIpc) is 2.80. The van der Waals surface area contributed by atoms with Gasteiger partial charge in [-0.25, -0.2) is 9.20 Å². The van der Waals surface area contributed by atoms with Crippen molar-refractivity contribution in [3.8, 4) is 11.4 Å². The van der Waals surface area contributed by atoms with Gasteiger partial charge in [0.1, 0.15) is 0 Å². The number of nitrogens with zero attached hydrogens (tertiary/aromatic N) is 3. The minimum Gasteiger partial charge on any atom is -0.335 e. The van der Waals surface area contributed by atoms with Crippen LogP contribution in [-0.4, -0.2) is 14.1 Å². The lowest BCUT2D eigenvalue weighted by Gasteiger charge is -2.00. The molecular formula is C12H8ClN3O3. The van der Waals surface area contributed by atoms with Crippen molar-refractivity contribution in [1.82, 2.24) is 14.1 Å². The van der Waals surface area contributed by atoms with E-state index in [4.69, 9.17) is 16.1 Å². The largest absolute Gasteiger partial charge is 0.339 e. The first-order valence-corrected chi connectivity index (χ1v) is 5.80. The van der Waals surface area contributed by atoms with Crippen LogP contribution >= 0.6 is 11.6 Å². The minimum atomic E-state index is -0.515. The molecule has 0 bridgehead atoms. The van der Waals surface area contributed by atoms with Gasteiger partial charge in [0.05, 0.1) is 6.07 Å². The molecule has 0 aliphatic carbocycles. The lowest BCUT2D eigenvalue weighted by molar-refractivity contribution is 0.455. The Morgan fingerprint density at radius 3 is 2.79 bits per heavy atom. The lowest BCUT2D eigenvalue weighted by Crippen LogP contribution is -2.34. The van der Waals surface area contributed by atoms with Crippen molar-refractivity contribution >= 4 is 17.3 Å². The Labute approximate surface area is 111 Å². The van der Waals surface area contributed by atoms with E-state index in [1.165, 1.54) is 17.5 Å². The van der Waals surface area contributed by atoms with E-state index in [-0.39, 0.29) is 5.71 Å². The van der Waals surface area contributed by atoms with Gasteiger partial charge in [-0.1, -0.05) is 28.9 Å². The third-order valence-electron chi connectivity index (χ3n) is 2.80. The predicted octanol–water partition coefficient (Wildman–Crippen LogP) is 1.31. The molecule has 2 aromatic heterocycles. The fraction of sp³-hybridized carbons (Fsp3) is 0.0833. The predicted molar refractivity (Wildman–Crippen MR) is 69.4 cm³/mol. The molecule has 0 amide bonds. The molecule has 0 saturated heterocycles. The van der Waals surface area contributed by atoms with Crippen LogP contribution < -0.4 is 11.2 Å². The molecular weight excluding hydrogens is 270 g/mol. The molecule has 0 aliphatic heterocycles. The first-order chi connectivity index (χ1) is 9.08. The highest BCUT2D eigenvalue weighted by atomic mass is 35.5. The number of rotatable bonds is 1. The summed E-state index contributed by atoms with van der Waals surface area (Å²) in [5, 5.41) is 4.35. The van der Waals surface area contributed by atoms with Crippen LogP contribution in [0.4, 0.5) is 0 Å². The molecule has 96 valence electrons. The van der Waals surface area contributed by atoms with Crippen LogP contribution in [0.15, 0.2) is 44.4 Å². The van der Waals surface area contributed by atoms with E-state index in [1.807, 2.05) is 0 Å². The van der Waals surface area contributed by atoms with E-state index >= 15 is 0 Å². The van der Waals surface area contributed by atoms with Gasteiger partial charge in [0.15, 0.2) is 5.82 Å². The zero-order valence-corrected chi connectivity index (χ0v) is 10.6. The number of hydrogen-bond donors (Lipinski definition) is 0. The van der Waals surface area contributed by atoms with Crippen molar-refractivity contribution in [3.63, 3.8) is 0 Å². The number of aromatic nitrogens is 3. The highest BCUT2D eigenvalue weighted by molar-refractivity contribution is 6.30. The third-order valence-corrected chi connectivity index (χ3v) is 3.03. The minimum absolute atomic E-state index is 0.100. The Hall–Kier alpha value is -2.34. The second kappa shape index (κ2) is 4.10. The van der Waals surface area contributed by atoms with E-state index in [0.29, 0.717) is 16.4 Å². The van der Waals surface area contributed by atoms with E-state index in [9.17, 15) is 9.59 Å². The van der Waals surface area contributed by atoms with Gasteiger partial charge in [-0.15, -0.1) is 0 Å². The highest BCUT2D eigenvalue weighted by Gasteiger charge is 2.14. The van der Waals surface area contributed by atoms with Gasteiger partial charge in [0.25, 0.3) is 5.56 Å². The SMILES string of the molecule is Cn1c(=O)cc2onc(-c3cccc(Cl)c3)n2c1=O. The number of benzene rings is 1. The third kappa shape index (κ3) is 1.77. The van der Waals surface area contributed by atoms with Crippen molar-refractivity contribution in [2.75, 3.05) is 0 Å². The Morgan fingerprint density at radius 2 is 2.05 bits per heavy atom. The van der Waals surface area contributed by atoms with Crippen molar-refractivity contribution in [2.45, 2.75) is 0 Å². The van der Waals surface area contributed by atoms with E-state index in [2.05, 4.69) is 5.16 Å². The molecule has 0 spiro atoms. The molecule has 0 atom stereocenters. The molecule has 6 nitrogen and oxygen atoms in total. The maximum Gasteiger partial charge on any atom is 0.339 e. The molecule has 3 rings (SSSR count). The summed E-state index contributed by atoms with van der Waals surface area (Å²) in [6.07, 6.45) is 0. The molecule has 3 aromatic rings. The average molecular weight is 278 g/mol. The lowest BCUT2D eigenvalue weighted by atomic mass is 10.2. The summed E-state index contributed by atoms with van der Waals surface area (Å²) in [6.45, 7) is 0. The summed E-state index contributed by atoms with van der Waals surface area (Å²) in [7, 11) is 1.39. The van der Waals surface area contributed by atoms with Crippen molar-refractivity contribution in [3.05, 3.63) is 56.2 Å². The molecule has 19 heavy (non-hydrogen) atoms. The summed E-state index contributed by atoms with van der Waals surface area (Å²) in [5.41, 5.74) is -0.229. The van der Waals surface area contributed by atoms with Gasteiger partial charge < -0.3 is 4.52 Å². The monoisotopic (exact) mass is 277 g/mol. The normalized spacial score (nSPS) is 11.1. The topological polar surface area (TPSA) is 69.5 Å².